The highest BCUT2D eigenvalue weighted by Gasteiger charge is 2.53. The molecule has 2 aliphatic rings. The van der Waals surface area contributed by atoms with Gasteiger partial charge >= 0.3 is 0 Å². The Morgan fingerprint density at radius 2 is 1.68 bits per heavy atom. The molecule has 1 fully saturated rings. The number of nitrogens with zero attached hydrogens (tertiary/aromatic N) is 1. The maximum Gasteiger partial charge on any atom is 0.243 e. The van der Waals surface area contributed by atoms with Gasteiger partial charge in [0.05, 0.1) is 17.5 Å². The fourth-order valence-corrected chi connectivity index (χ4v) is 4.58. The normalized spacial score (nSPS) is 25.3. The number of amides is 2. The molecular weight excluding hydrogens is 312 g/mol. The van der Waals surface area contributed by atoms with Crippen LogP contribution in [0, 0.1) is 5.92 Å². The number of benzene rings is 2. The predicted molar refractivity (Wildman–Crippen MR) is 96.5 cm³/mol. The standard InChI is InChI=1S/C21H18N2O2/c1-12-11-15-18(19-17(12)14-9-5-6-10-16(14)22-19)21(25)23(20(15)24)13-7-3-2-4-8-13/h2-10,12,15,18,22H,11H2,1H3/t12-,15+,18+/m0/s1. The molecule has 0 unspecified atom stereocenters. The lowest BCUT2D eigenvalue weighted by molar-refractivity contribution is -0.122. The van der Waals surface area contributed by atoms with Gasteiger partial charge in [-0.05, 0) is 36.1 Å². The maximum absolute atomic E-state index is 13.2. The Balaban J connectivity index is 1.69. The molecule has 1 N–H and O–H groups in total. The summed E-state index contributed by atoms with van der Waals surface area (Å²) in [5, 5.41) is 1.17. The van der Waals surface area contributed by atoms with Crippen molar-refractivity contribution >= 4 is 28.4 Å². The Labute approximate surface area is 145 Å². The minimum Gasteiger partial charge on any atom is -0.357 e. The number of para-hydroxylation sites is 2. The summed E-state index contributed by atoms with van der Waals surface area (Å²) in [6.45, 7) is 2.15. The molecule has 0 saturated carbocycles. The van der Waals surface area contributed by atoms with Crippen molar-refractivity contribution in [1.82, 2.24) is 4.98 Å². The summed E-state index contributed by atoms with van der Waals surface area (Å²) in [4.78, 5) is 31.0. The van der Waals surface area contributed by atoms with Gasteiger partial charge in [0.1, 0.15) is 0 Å². The molecule has 4 nitrogen and oxygen atoms in total. The minimum atomic E-state index is -0.397. The molecule has 4 heteroatoms. The number of hydrogen-bond acceptors (Lipinski definition) is 2. The molecule has 1 aromatic heterocycles. The van der Waals surface area contributed by atoms with Gasteiger partial charge in [0.2, 0.25) is 11.8 Å². The topological polar surface area (TPSA) is 53.2 Å². The summed E-state index contributed by atoms with van der Waals surface area (Å²) in [7, 11) is 0. The number of rotatable bonds is 1. The number of hydrogen-bond donors (Lipinski definition) is 1. The van der Waals surface area contributed by atoms with Gasteiger partial charge in [0, 0.05) is 16.6 Å². The second kappa shape index (κ2) is 5.06. The molecule has 124 valence electrons. The Morgan fingerprint density at radius 3 is 2.48 bits per heavy atom. The quantitative estimate of drug-likeness (QED) is 0.687. The zero-order chi connectivity index (χ0) is 17.1. The van der Waals surface area contributed by atoms with Crippen molar-refractivity contribution in [2.75, 3.05) is 4.90 Å². The molecule has 2 aromatic carbocycles. The predicted octanol–water partition coefficient (Wildman–Crippen LogP) is 3.95. The van der Waals surface area contributed by atoms with Crippen LogP contribution in [0.4, 0.5) is 5.69 Å². The van der Waals surface area contributed by atoms with Crippen LogP contribution in [0.25, 0.3) is 10.9 Å². The van der Waals surface area contributed by atoms with Crippen molar-refractivity contribution in [3.8, 4) is 0 Å². The van der Waals surface area contributed by atoms with Crippen LogP contribution in [-0.2, 0) is 9.59 Å². The van der Waals surface area contributed by atoms with Crippen molar-refractivity contribution in [2.45, 2.75) is 25.2 Å². The Kier molecular flexibility index (Phi) is 2.93. The summed E-state index contributed by atoms with van der Waals surface area (Å²) >= 11 is 0. The molecule has 0 bridgehead atoms. The number of carbonyl (C=O) groups is 2. The molecule has 1 aliphatic heterocycles. The van der Waals surface area contributed by atoms with Crippen molar-refractivity contribution in [2.24, 2.45) is 5.92 Å². The molecule has 1 saturated heterocycles. The monoisotopic (exact) mass is 330 g/mol. The van der Waals surface area contributed by atoms with Crippen LogP contribution in [0.2, 0.25) is 0 Å². The van der Waals surface area contributed by atoms with Crippen molar-refractivity contribution in [1.29, 1.82) is 0 Å². The van der Waals surface area contributed by atoms with E-state index in [0.717, 1.165) is 11.2 Å². The van der Waals surface area contributed by atoms with E-state index >= 15 is 0 Å². The third kappa shape index (κ3) is 1.88. The van der Waals surface area contributed by atoms with Crippen molar-refractivity contribution < 1.29 is 9.59 Å². The van der Waals surface area contributed by atoms with Crippen molar-refractivity contribution in [3.05, 3.63) is 65.9 Å². The third-order valence-corrected chi connectivity index (χ3v) is 5.63. The van der Waals surface area contributed by atoms with Gasteiger partial charge in [-0.2, -0.15) is 0 Å². The molecular formula is C21H18N2O2. The number of nitrogens with one attached hydrogen (secondary N) is 1. The van der Waals surface area contributed by atoms with Gasteiger partial charge in [-0.1, -0.05) is 43.3 Å². The van der Waals surface area contributed by atoms with E-state index < -0.39 is 5.92 Å². The highest BCUT2D eigenvalue weighted by Crippen LogP contribution is 2.50. The van der Waals surface area contributed by atoms with Gasteiger partial charge in [-0.3, -0.25) is 9.59 Å². The second-order valence-corrected chi connectivity index (χ2v) is 7.07. The number of aromatic nitrogens is 1. The number of carbonyl (C=O) groups excluding carboxylic acids is 2. The molecule has 5 rings (SSSR count). The lowest BCUT2D eigenvalue weighted by atomic mass is 9.74. The molecule has 0 radical (unpaired) electrons. The first-order valence-corrected chi connectivity index (χ1v) is 8.70. The molecule has 3 atom stereocenters. The summed E-state index contributed by atoms with van der Waals surface area (Å²) in [5.74, 6) is -0.604. The van der Waals surface area contributed by atoms with E-state index in [2.05, 4.69) is 18.0 Å². The van der Waals surface area contributed by atoms with Crippen molar-refractivity contribution in [3.63, 3.8) is 0 Å². The highest BCUT2D eigenvalue weighted by atomic mass is 16.2. The number of anilines is 1. The molecule has 25 heavy (non-hydrogen) atoms. The SMILES string of the molecule is C[C@H]1C[C@H]2C(=O)N(c3ccccc3)C(=O)[C@H]2c2[nH]c3ccccc3c21. The van der Waals surface area contributed by atoms with E-state index in [9.17, 15) is 9.59 Å². The molecule has 3 aromatic rings. The summed E-state index contributed by atoms with van der Waals surface area (Å²) in [5.41, 5.74) is 3.84. The first kappa shape index (κ1) is 14.5. The molecule has 2 amide bonds. The maximum atomic E-state index is 13.2. The smallest absolute Gasteiger partial charge is 0.243 e. The minimum absolute atomic E-state index is 0.0719. The molecule has 1 aliphatic carbocycles. The van der Waals surface area contributed by atoms with Gasteiger partial charge < -0.3 is 4.98 Å². The number of aromatic amines is 1. The van der Waals surface area contributed by atoms with Crippen LogP contribution in [0.15, 0.2) is 54.6 Å². The number of H-pyrrole nitrogens is 1. The Bertz CT molecular complexity index is 1010. The van der Waals surface area contributed by atoms with E-state index in [0.29, 0.717) is 12.1 Å². The average Bonchev–Trinajstić information content (AvgIpc) is 3.12. The molecule has 0 spiro atoms. The largest absolute Gasteiger partial charge is 0.357 e. The highest BCUT2D eigenvalue weighted by molar-refractivity contribution is 6.24. The Morgan fingerprint density at radius 1 is 0.960 bits per heavy atom. The third-order valence-electron chi connectivity index (χ3n) is 5.63. The van der Waals surface area contributed by atoms with E-state index in [1.165, 1.54) is 15.8 Å². The van der Waals surface area contributed by atoms with Crippen LogP contribution in [-0.4, -0.2) is 16.8 Å². The fourth-order valence-electron chi connectivity index (χ4n) is 4.58. The fraction of sp³-hybridized carbons (Fsp3) is 0.238. The van der Waals surface area contributed by atoms with E-state index in [4.69, 9.17) is 0 Å². The molecule has 2 heterocycles. The number of fused-ring (bicyclic) bond motifs is 5. The lowest BCUT2D eigenvalue weighted by Crippen LogP contribution is -2.30. The van der Waals surface area contributed by atoms with Crippen LogP contribution in [0.1, 0.15) is 36.4 Å². The van der Waals surface area contributed by atoms with E-state index in [-0.39, 0.29) is 23.7 Å². The average molecular weight is 330 g/mol. The van der Waals surface area contributed by atoms with Crippen LogP contribution in [0.3, 0.4) is 0 Å². The van der Waals surface area contributed by atoms with Crippen LogP contribution < -0.4 is 4.90 Å². The van der Waals surface area contributed by atoms with E-state index in [1.807, 2.05) is 48.5 Å². The van der Waals surface area contributed by atoms with E-state index in [1.54, 1.807) is 0 Å². The van der Waals surface area contributed by atoms with Crippen LogP contribution in [0.5, 0.6) is 0 Å². The summed E-state index contributed by atoms with van der Waals surface area (Å²) in [6, 6.07) is 17.4. The summed E-state index contributed by atoms with van der Waals surface area (Å²) < 4.78 is 0. The summed E-state index contributed by atoms with van der Waals surface area (Å²) in [6.07, 6.45) is 0.716. The van der Waals surface area contributed by atoms with Crippen LogP contribution >= 0.6 is 0 Å². The first-order chi connectivity index (χ1) is 12.2. The van der Waals surface area contributed by atoms with Gasteiger partial charge in [0.15, 0.2) is 0 Å². The zero-order valence-electron chi connectivity index (χ0n) is 13.9. The van der Waals surface area contributed by atoms with Gasteiger partial charge in [0.25, 0.3) is 0 Å². The zero-order valence-corrected chi connectivity index (χ0v) is 13.9. The Hall–Kier alpha value is -2.88. The lowest BCUT2D eigenvalue weighted by Gasteiger charge is -2.27. The van der Waals surface area contributed by atoms with Gasteiger partial charge in [-0.25, -0.2) is 4.90 Å². The first-order valence-electron chi connectivity index (χ1n) is 8.70. The second-order valence-electron chi connectivity index (χ2n) is 7.07. The number of imide groups is 1. The van der Waals surface area contributed by atoms with Gasteiger partial charge in [-0.15, -0.1) is 0 Å².